The highest BCUT2D eigenvalue weighted by molar-refractivity contribution is 5.62. The van der Waals surface area contributed by atoms with Gasteiger partial charge in [-0.25, -0.2) is 0 Å². The van der Waals surface area contributed by atoms with Crippen LogP contribution in [0, 0.1) is 13.8 Å². The molecule has 1 nitrogen and oxygen atoms in total. The average molecular weight is 254 g/mol. The van der Waals surface area contributed by atoms with E-state index in [2.05, 4.69) is 82.6 Å². The molecule has 0 N–H and O–H groups in total. The molecule has 0 saturated heterocycles. The first kappa shape index (κ1) is 13.8. The number of aromatic nitrogens is 1. The molecule has 19 heavy (non-hydrogen) atoms. The van der Waals surface area contributed by atoms with Crippen molar-refractivity contribution in [1.82, 2.24) is 0 Å². The first-order valence-corrected chi connectivity index (χ1v) is 6.88. The average Bonchev–Trinajstić information content (AvgIpc) is 2.32. The molecule has 0 saturated carbocycles. The second-order valence-corrected chi connectivity index (χ2v) is 6.39. The Hall–Kier alpha value is -1.63. The highest BCUT2D eigenvalue weighted by Gasteiger charge is 2.19. The van der Waals surface area contributed by atoms with Crippen molar-refractivity contribution in [3.05, 3.63) is 53.2 Å². The summed E-state index contributed by atoms with van der Waals surface area (Å²) in [5, 5.41) is 0. The summed E-state index contributed by atoms with van der Waals surface area (Å²) in [6, 6.07) is 13.3. The zero-order valence-electron chi connectivity index (χ0n) is 12.9. The highest BCUT2D eigenvalue weighted by Crippen LogP contribution is 2.28. The van der Waals surface area contributed by atoms with Gasteiger partial charge in [0.2, 0.25) is 5.69 Å². The van der Waals surface area contributed by atoms with E-state index in [0.717, 1.165) is 0 Å². The number of hydrogen-bond acceptors (Lipinski definition) is 0. The Bertz CT molecular complexity index is 604. The molecule has 0 aliphatic carbocycles. The third-order valence-electron chi connectivity index (χ3n) is 3.86. The summed E-state index contributed by atoms with van der Waals surface area (Å²) >= 11 is 0. The molecule has 1 aromatic heterocycles. The van der Waals surface area contributed by atoms with Crippen molar-refractivity contribution >= 4 is 0 Å². The summed E-state index contributed by atoms with van der Waals surface area (Å²) in [7, 11) is 2.13. The largest absolute Gasteiger partial charge is 0.212 e. The fourth-order valence-electron chi connectivity index (χ4n) is 2.33. The van der Waals surface area contributed by atoms with Crippen molar-refractivity contribution < 1.29 is 4.57 Å². The van der Waals surface area contributed by atoms with Gasteiger partial charge in [0.1, 0.15) is 7.05 Å². The Labute approximate surface area is 116 Å². The topological polar surface area (TPSA) is 3.88 Å². The Kier molecular flexibility index (Phi) is 3.49. The lowest BCUT2D eigenvalue weighted by atomic mass is 9.85. The van der Waals surface area contributed by atoms with E-state index >= 15 is 0 Å². The molecule has 0 bridgehead atoms. The van der Waals surface area contributed by atoms with Gasteiger partial charge in [0.15, 0.2) is 5.69 Å². The van der Waals surface area contributed by atoms with Crippen LogP contribution in [-0.4, -0.2) is 0 Å². The Morgan fingerprint density at radius 3 is 2.26 bits per heavy atom. The fourth-order valence-corrected chi connectivity index (χ4v) is 2.33. The first-order chi connectivity index (χ1) is 8.80. The Morgan fingerprint density at radius 2 is 1.63 bits per heavy atom. The lowest BCUT2D eigenvalue weighted by Gasteiger charge is -2.20. The van der Waals surface area contributed by atoms with Crippen LogP contribution in [0.2, 0.25) is 0 Å². The Balaban J connectivity index is 2.65. The van der Waals surface area contributed by atoms with Crippen LogP contribution in [0.3, 0.4) is 0 Å². The van der Waals surface area contributed by atoms with Gasteiger partial charge in [-0.2, -0.15) is 4.57 Å². The van der Waals surface area contributed by atoms with E-state index in [4.69, 9.17) is 0 Å². The zero-order valence-corrected chi connectivity index (χ0v) is 12.9. The van der Waals surface area contributed by atoms with E-state index in [-0.39, 0.29) is 5.41 Å². The van der Waals surface area contributed by atoms with Crippen LogP contribution in [0.4, 0.5) is 0 Å². The van der Waals surface area contributed by atoms with Gasteiger partial charge in [0.25, 0.3) is 0 Å². The van der Waals surface area contributed by atoms with Gasteiger partial charge in [-0.1, -0.05) is 32.9 Å². The van der Waals surface area contributed by atoms with Crippen LogP contribution in [0.5, 0.6) is 0 Å². The molecule has 1 heterocycles. The van der Waals surface area contributed by atoms with Gasteiger partial charge in [0, 0.05) is 24.6 Å². The molecule has 1 aromatic carbocycles. The molecule has 0 radical (unpaired) electrons. The van der Waals surface area contributed by atoms with Crippen molar-refractivity contribution in [2.75, 3.05) is 0 Å². The number of pyridine rings is 1. The van der Waals surface area contributed by atoms with E-state index < -0.39 is 0 Å². The maximum Gasteiger partial charge on any atom is 0.212 e. The van der Waals surface area contributed by atoms with Crippen molar-refractivity contribution in [3.8, 4) is 11.3 Å². The number of aryl methyl sites for hydroxylation is 2. The highest BCUT2D eigenvalue weighted by atomic mass is 14.9. The first-order valence-electron chi connectivity index (χ1n) is 6.88. The molecule has 2 aromatic rings. The molecular formula is C18H24N+. The summed E-state index contributed by atoms with van der Waals surface area (Å²) in [6.45, 7) is 11.1. The van der Waals surface area contributed by atoms with E-state index in [0.29, 0.717) is 0 Å². The van der Waals surface area contributed by atoms with Crippen LogP contribution in [0.25, 0.3) is 11.3 Å². The van der Waals surface area contributed by atoms with Crippen molar-refractivity contribution in [2.45, 2.75) is 40.0 Å². The standard InChI is InChI=1S/C18H24N/c1-13-10-11-15(18(3,4)5)12-16(13)17-9-7-8-14(2)19(17)6/h7-12H,1-6H3/q+1. The van der Waals surface area contributed by atoms with Crippen molar-refractivity contribution in [2.24, 2.45) is 7.05 Å². The predicted molar refractivity (Wildman–Crippen MR) is 81.2 cm³/mol. The van der Waals surface area contributed by atoms with Gasteiger partial charge >= 0.3 is 0 Å². The monoisotopic (exact) mass is 254 g/mol. The summed E-state index contributed by atoms with van der Waals surface area (Å²) in [5.74, 6) is 0. The molecule has 0 unspecified atom stereocenters. The van der Waals surface area contributed by atoms with E-state index in [1.54, 1.807) is 0 Å². The fraction of sp³-hybridized carbons (Fsp3) is 0.389. The maximum absolute atomic E-state index is 2.34. The van der Waals surface area contributed by atoms with Crippen LogP contribution in [-0.2, 0) is 12.5 Å². The Morgan fingerprint density at radius 1 is 0.947 bits per heavy atom. The SMILES string of the molecule is Cc1ccc(C(C)(C)C)cc1-c1cccc(C)[n+]1C. The number of hydrogen-bond donors (Lipinski definition) is 0. The van der Waals surface area contributed by atoms with Gasteiger partial charge in [-0.3, -0.25) is 0 Å². The minimum Gasteiger partial charge on any atom is -0.199 e. The molecule has 0 aliphatic heterocycles. The smallest absolute Gasteiger partial charge is 0.199 e. The van der Waals surface area contributed by atoms with Crippen molar-refractivity contribution in [1.29, 1.82) is 0 Å². The maximum atomic E-state index is 2.34. The molecule has 1 heteroatoms. The van der Waals surface area contributed by atoms with E-state index in [1.165, 1.54) is 28.1 Å². The lowest BCUT2D eigenvalue weighted by Crippen LogP contribution is -2.34. The molecule has 0 fully saturated rings. The van der Waals surface area contributed by atoms with Gasteiger partial charge in [0.05, 0.1) is 0 Å². The molecule has 0 atom stereocenters. The van der Waals surface area contributed by atoms with E-state index in [1.807, 2.05) is 0 Å². The molecular weight excluding hydrogens is 230 g/mol. The second kappa shape index (κ2) is 4.80. The summed E-state index contributed by atoms with van der Waals surface area (Å²) in [5.41, 5.74) is 6.79. The van der Waals surface area contributed by atoms with Crippen molar-refractivity contribution in [3.63, 3.8) is 0 Å². The van der Waals surface area contributed by atoms with E-state index in [9.17, 15) is 0 Å². The normalized spacial score (nSPS) is 11.7. The predicted octanol–water partition coefficient (Wildman–Crippen LogP) is 4.09. The van der Waals surface area contributed by atoms with Crippen LogP contribution >= 0.6 is 0 Å². The van der Waals surface area contributed by atoms with Gasteiger partial charge < -0.3 is 0 Å². The molecule has 2 rings (SSSR count). The number of nitrogens with zero attached hydrogens (tertiary/aromatic N) is 1. The minimum atomic E-state index is 0.185. The minimum absolute atomic E-state index is 0.185. The molecule has 0 spiro atoms. The molecule has 0 aliphatic rings. The molecule has 0 amide bonds. The zero-order chi connectivity index (χ0) is 14.2. The quantitative estimate of drug-likeness (QED) is 0.675. The third kappa shape index (κ3) is 2.70. The van der Waals surface area contributed by atoms with Crippen LogP contribution < -0.4 is 4.57 Å². The summed E-state index contributed by atoms with van der Waals surface area (Å²) in [6.07, 6.45) is 0. The number of benzene rings is 1. The summed E-state index contributed by atoms with van der Waals surface area (Å²) in [4.78, 5) is 0. The lowest BCUT2D eigenvalue weighted by molar-refractivity contribution is -0.666. The van der Waals surface area contributed by atoms with Crippen LogP contribution in [0.15, 0.2) is 36.4 Å². The number of rotatable bonds is 1. The third-order valence-corrected chi connectivity index (χ3v) is 3.86. The van der Waals surface area contributed by atoms with Crippen LogP contribution in [0.1, 0.15) is 37.6 Å². The van der Waals surface area contributed by atoms with Gasteiger partial charge in [-0.15, -0.1) is 0 Å². The summed E-state index contributed by atoms with van der Waals surface area (Å²) < 4.78 is 2.26. The second-order valence-electron chi connectivity index (χ2n) is 6.39. The molecule has 100 valence electrons. The van der Waals surface area contributed by atoms with Gasteiger partial charge in [-0.05, 0) is 35.6 Å².